The molecule has 5 rings (SSSR count). The molecule has 2 aromatic heterocycles. The highest BCUT2D eigenvalue weighted by Gasteiger charge is 2.21. The van der Waals surface area contributed by atoms with Crippen molar-refractivity contribution in [3.63, 3.8) is 0 Å². The molecule has 182 valence electrons. The molecule has 0 saturated carbocycles. The van der Waals surface area contributed by atoms with Gasteiger partial charge in [-0.2, -0.15) is 0 Å². The van der Waals surface area contributed by atoms with Gasteiger partial charge in [0.15, 0.2) is 0 Å². The van der Waals surface area contributed by atoms with E-state index in [0.29, 0.717) is 22.9 Å². The summed E-state index contributed by atoms with van der Waals surface area (Å²) in [6, 6.07) is 22.7. The molecule has 7 heteroatoms. The van der Waals surface area contributed by atoms with Crippen LogP contribution in [-0.4, -0.2) is 15.0 Å². The topological polar surface area (TPSA) is 86.2 Å². The van der Waals surface area contributed by atoms with Crippen LogP contribution in [0.25, 0.3) is 22.1 Å². The second kappa shape index (κ2) is 9.70. The smallest absolute Gasteiger partial charge is 0.332 e. The summed E-state index contributed by atoms with van der Waals surface area (Å²) in [5.74, 6) is -0.346. The Morgan fingerprint density at radius 1 is 0.917 bits per heavy atom. The maximum Gasteiger partial charge on any atom is 0.332 e. The molecule has 1 N–H and O–H groups in total. The van der Waals surface area contributed by atoms with Crippen LogP contribution in [-0.2, 0) is 30.7 Å². The molecule has 0 aliphatic rings. The van der Waals surface area contributed by atoms with Gasteiger partial charge in [-0.25, -0.2) is 4.79 Å². The predicted molar refractivity (Wildman–Crippen MR) is 142 cm³/mol. The SMILES string of the molecule is CCc1cccc(C)c1NC(=O)Cn1c(=O)n(CCc2ccccc2)c(=O)c2oc3ccccc3c21. The number of nitrogens with one attached hydrogen (secondary N) is 1. The minimum Gasteiger partial charge on any atom is -0.449 e. The summed E-state index contributed by atoms with van der Waals surface area (Å²) < 4.78 is 8.42. The largest absolute Gasteiger partial charge is 0.449 e. The Bertz CT molecular complexity index is 1690. The lowest BCUT2D eigenvalue weighted by Crippen LogP contribution is -2.42. The van der Waals surface area contributed by atoms with E-state index in [4.69, 9.17) is 4.42 Å². The fraction of sp³-hybridized carbons (Fsp3) is 0.207. The molecule has 0 unspecified atom stereocenters. The number of amides is 1. The third kappa shape index (κ3) is 4.24. The molecule has 0 atom stereocenters. The minimum atomic E-state index is -0.536. The van der Waals surface area contributed by atoms with E-state index < -0.39 is 11.2 Å². The first-order chi connectivity index (χ1) is 17.5. The first kappa shape index (κ1) is 23.4. The highest BCUT2D eigenvalue weighted by molar-refractivity contribution is 6.03. The molecule has 0 spiro atoms. The highest BCUT2D eigenvalue weighted by atomic mass is 16.3. The van der Waals surface area contributed by atoms with Gasteiger partial charge in [0.05, 0.1) is 0 Å². The summed E-state index contributed by atoms with van der Waals surface area (Å²) in [6.45, 7) is 3.89. The molecule has 5 aromatic rings. The molecule has 0 radical (unpaired) electrons. The Morgan fingerprint density at radius 2 is 1.67 bits per heavy atom. The van der Waals surface area contributed by atoms with Crippen LogP contribution < -0.4 is 16.6 Å². The number of aromatic nitrogens is 2. The van der Waals surface area contributed by atoms with E-state index in [2.05, 4.69) is 5.32 Å². The molecule has 0 aliphatic carbocycles. The zero-order valence-corrected chi connectivity index (χ0v) is 20.3. The summed E-state index contributed by atoms with van der Waals surface area (Å²) in [6.07, 6.45) is 1.26. The van der Waals surface area contributed by atoms with Gasteiger partial charge < -0.3 is 9.73 Å². The van der Waals surface area contributed by atoms with E-state index >= 15 is 0 Å². The van der Waals surface area contributed by atoms with Crippen LogP contribution in [0.3, 0.4) is 0 Å². The lowest BCUT2D eigenvalue weighted by atomic mass is 10.1. The van der Waals surface area contributed by atoms with Gasteiger partial charge in [0.25, 0.3) is 5.56 Å². The molecule has 2 heterocycles. The summed E-state index contributed by atoms with van der Waals surface area (Å²) in [4.78, 5) is 40.2. The van der Waals surface area contributed by atoms with Crippen LogP contribution in [0.2, 0.25) is 0 Å². The Kier molecular flexibility index (Phi) is 6.29. The summed E-state index contributed by atoms with van der Waals surface area (Å²) >= 11 is 0. The number of para-hydroxylation sites is 2. The second-order valence-corrected chi connectivity index (χ2v) is 8.85. The molecule has 36 heavy (non-hydrogen) atoms. The van der Waals surface area contributed by atoms with E-state index in [1.54, 1.807) is 18.2 Å². The molecule has 0 aliphatic heterocycles. The number of rotatable bonds is 7. The molecule has 3 aromatic carbocycles. The first-order valence-electron chi connectivity index (χ1n) is 12.0. The quantitative estimate of drug-likeness (QED) is 0.366. The van der Waals surface area contributed by atoms with Crippen molar-refractivity contribution in [3.05, 3.63) is 110 Å². The van der Waals surface area contributed by atoms with Crippen LogP contribution in [0.15, 0.2) is 86.8 Å². The molecular weight excluding hydrogens is 454 g/mol. The maximum atomic E-state index is 13.6. The van der Waals surface area contributed by atoms with Crippen LogP contribution in [0.1, 0.15) is 23.6 Å². The van der Waals surface area contributed by atoms with Crippen molar-refractivity contribution < 1.29 is 9.21 Å². The van der Waals surface area contributed by atoms with Crippen molar-refractivity contribution in [1.82, 2.24) is 9.13 Å². The van der Waals surface area contributed by atoms with Crippen molar-refractivity contribution in [1.29, 1.82) is 0 Å². The Hall–Kier alpha value is -4.39. The minimum absolute atomic E-state index is 0.0711. The second-order valence-electron chi connectivity index (χ2n) is 8.85. The standard InChI is InChI=1S/C29H27N3O4/c1-3-21-13-9-10-19(2)25(21)30-24(33)18-32-26-22-14-7-8-15-23(22)36-27(26)28(34)31(29(32)35)17-16-20-11-5-4-6-12-20/h4-15H,3,16-18H2,1-2H3,(H,30,33). The summed E-state index contributed by atoms with van der Waals surface area (Å²) in [5.41, 5.74) is 3.59. The number of carbonyl (C=O) groups is 1. The third-order valence-electron chi connectivity index (χ3n) is 6.51. The Labute approximate surface area is 207 Å². The van der Waals surface area contributed by atoms with E-state index in [1.165, 1.54) is 4.57 Å². The van der Waals surface area contributed by atoms with Gasteiger partial charge in [-0.3, -0.25) is 18.7 Å². The van der Waals surface area contributed by atoms with Gasteiger partial charge in [0.1, 0.15) is 17.6 Å². The average Bonchev–Trinajstić information content (AvgIpc) is 3.28. The number of furan rings is 1. The predicted octanol–water partition coefficient (Wildman–Crippen LogP) is 4.66. The van der Waals surface area contributed by atoms with Crippen molar-refractivity contribution in [2.75, 3.05) is 5.32 Å². The fourth-order valence-corrected chi connectivity index (χ4v) is 4.65. The number of benzene rings is 3. The van der Waals surface area contributed by atoms with E-state index in [9.17, 15) is 14.4 Å². The zero-order chi connectivity index (χ0) is 25.2. The zero-order valence-electron chi connectivity index (χ0n) is 20.3. The van der Waals surface area contributed by atoms with Gasteiger partial charge in [-0.1, -0.05) is 67.6 Å². The van der Waals surface area contributed by atoms with Gasteiger partial charge >= 0.3 is 5.69 Å². The van der Waals surface area contributed by atoms with Gasteiger partial charge in [-0.15, -0.1) is 0 Å². The Balaban J connectivity index is 1.60. The van der Waals surface area contributed by atoms with Crippen molar-refractivity contribution in [2.24, 2.45) is 0 Å². The lowest BCUT2D eigenvalue weighted by Gasteiger charge is -2.15. The fourth-order valence-electron chi connectivity index (χ4n) is 4.65. The maximum absolute atomic E-state index is 13.6. The molecule has 0 fully saturated rings. The van der Waals surface area contributed by atoms with Crippen LogP contribution in [0, 0.1) is 6.92 Å². The number of nitrogens with zero attached hydrogens (tertiary/aromatic N) is 2. The third-order valence-corrected chi connectivity index (χ3v) is 6.51. The number of hydrogen-bond donors (Lipinski definition) is 1. The molecule has 0 saturated heterocycles. The number of anilines is 1. The highest BCUT2D eigenvalue weighted by Crippen LogP contribution is 2.26. The normalized spacial score (nSPS) is 11.3. The lowest BCUT2D eigenvalue weighted by molar-refractivity contribution is -0.116. The van der Waals surface area contributed by atoms with Crippen molar-refractivity contribution in [3.8, 4) is 0 Å². The number of carbonyl (C=O) groups excluding carboxylic acids is 1. The first-order valence-corrected chi connectivity index (χ1v) is 12.0. The van der Waals surface area contributed by atoms with Crippen LogP contribution in [0.4, 0.5) is 5.69 Å². The Morgan fingerprint density at radius 3 is 2.44 bits per heavy atom. The summed E-state index contributed by atoms with van der Waals surface area (Å²) in [7, 11) is 0. The molecule has 7 nitrogen and oxygen atoms in total. The van der Waals surface area contributed by atoms with Crippen LogP contribution in [0.5, 0.6) is 0 Å². The van der Waals surface area contributed by atoms with Crippen molar-refractivity contribution >= 4 is 33.7 Å². The van der Waals surface area contributed by atoms with Crippen molar-refractivity contribution in [2.45, 2.75) is 39.8 Å². The monoisotopic (exact) mass is 481 g/mol. The molecule has 1 amide bonds. The number of fused-ring (bicyclic) bond motifs is 3. The van der Waals surface area contributed by atoms with Gasteiger partial charge in [0.2, 0.25) is 11.5 Å². The van der Waals surface area contributed by atoms with E-state index in [0.717, 1.165) is 33.4 Å². The average molecular weight is 482 g/mol. The molecular formula is C29H27N3O4. The number of hydrogen-bond acceptors (Lipinski definition) is 4. The van der Waals surface area contributed by atoms with E-state index in [1.807, 2.05) is 68.4 Å². The van der Waals surface area contributed by atoms with Crippen LogP contribution >= 0.6 is 0 Å². The van der Waals surface area contributed by atoms with Gasteiger partial charge in [0, 0.05) is 17.6 Å². The number of aryl methyl sites for hydroxylation is 3. The summed E-state index contributed by atoms with van der Waals surface area (Å²) in [5, 5.41) is 3.61. The molecule has 0 bridgehead atoms. The van der Waals surface area contributed by atoms with E-state index in [-0.39, 0.29) is 24.6 Å². The van der Waals surface area contributed by atoms with Gasteiger partial charge in [-0.05, 0) is 48.6 Å².